The number of benzene rings is 1. The van der Waals surface area contributed by atoms with E-state index in [1.54, 1.807) is 13.2 Å². The van der Waals surface area contributed by atoms with Crippen LogP contribution in [0.2, 0.25) is 5.02 Å². The van der Waals surface area contributed by atoms with E-state index in [4.69, 9.17) is 16.3 Å². The fourth-order valence-electron chi connectivity index (χ4n) is 2.19. The van der Waals surface area contributed by atoms with Gasteiger partial charge in [0.05, 0.1) is 17.8 Å². The first kappa shape index (κ1) is 9.04. The molecule has 0 bridgehead atoms. The van der Waals surface area contributed by atoms with Gasteiger partial charge in [-0.05, 0) is 24.0 Å². The van der Waals surface area contributed by atoms with Gasteiger partial charge in [0, 0.05) is 12.0 Å². The monoisotopic (exact) mass is 223 g/mol. The van der Waals surface area contributed by atoms with Gasteiger partial charge in [0.2, 0.25) is 5.91 Å². The number of ether oxygens (including phenoxy) is 1. The van der Waals surface area contributed by atoms with Gasteiger partial charge >= 0.3 is 0 Å². The van der Waals surface area contributed by atoms with E-state index >= 15 is 0 Å². The van der Waals surface area contributed by atoms with E-state index < -0.39 is 0 Å². The van der Waals surface area contributed by atoms with Crippen molar-refractivity contribution in [1.29, 1.82) is 0 Å². The van der Waals surface area contributed by atoms with Crippen LogP contribution in [0, 0.1) is 5.92 Å². The molecule has 2 aliphatic rings. The second kappa shape index (κ2) is 2.89. The predicted molar refractivity (Wildman–Crippen MR) is 57.5 cm³/mol. The molecule has 0 aromatic heterocycles. The second-order valence-electron chi connectivity index (χ2n) is 4.01. The lowest BCUT2D eigenvalue weighted by Crippen LogP contribution is -2.20. The SMILES string of the molecule is COc1cc(Cl)c2c(c1)C1CC1C(=O)N2. The van der Waals surface area contributed by atoms with Crippen LogP contribution >= 0.6 is 11.6 Å². The molecule has 1 aliphatic carbocycles. The molecule has 0 radical (unpaired) electrons. The third-order valence-corrected chi connectivity index (χ3v) is 3.40. The highest BCUT2D eigenvalue weighted by atomic mass is 35.5. The van der Waals surface area contributed by atoms with Crippen molar-refractivity contribution in [1.82, 2.24) is 0 Å². The minimum absolute atomic E-state index is 0.0968. The van der Waals surface area contributed by atoms with Crippen LogP contribution in [0.3, 0.4) is 0 Å². The van der Waals surface area contributed by atoms with Crippen molar-refractivity contribution in [2.75, 3.05) is 12.4 Å². The van der Waals surface area contributed by atoms with E-state index in [1.165, 1.54) is 0 Å². The topological polar surface area (TPSA) is 38.3 Å². The maximum absolute atomic E-state index is 11.5. The van der Waals surface area contributed by atoms with E-state index in [-0.39, 0.29) is 11.8 Å². The summed E-state index contributed by atoms with van der Waals surface area (Å²) < 4.78 is 5.16. The zero-order chi connectivity index (χ0) is 10.6. The molecule has 0 spiro atoms. The summed E-state index contributed by atoms with van der Waals surface area (Å²) in [7, 11) is 1.61. The third-order valence-electron chi connectivity index (χ3n) is 3.10. The number of fused-ring (bicyclic) bond motifs is 3. The number of amides is 1. The molecule has 4 heteroatoms. The number of hydrogen-bond donors (Lipinski definition) is 1. The molecule has 1 aliphatic heterocycles. The summed E-state index contributed by atoms with van der Waals surface area (Å²) >= 11 is 6.08. The van der Waals surface area contributed by atoms with E-state index in [9.17, 15) is 4.79 Å². The molecule has 1 fully saturated rings. The Morgan fingerprint density at radius 2 is 2.27 bits per heavy atom. The van der Waals surface area contributed by atoms with Crippen molar-refractivity contribution < 1.29 is 9.53 Å². The number of methoxy groups -OCH3 is 1. The van der Waals surface area contributed by atoms with Gasteiger partial charge in [0.1, 0.15) is 5.75 Å². The summed E-state index contributed by atoms with van der Waals surface area (Å²) in [4.78, 5) is 11.5. The Labute approximate surface area is 92.4 Å². The van der Waals surface area contributed by atoms with Gasteiger partial charge in [-0.1, -0.05) is 11.6 Å². The first-order valence-electron chi connectivity index (χ1n) is 4.89. The Kier molecular flexibility index (Phi) is 1.74. The molecular weight excluding hydrogens is 214 g/mol. The molecule has 1 N–H and O–H groups in total. The Balaban J connectivity index is 2.15. The van der Waals surface area contributed by atoms with Gasteiger partial charge in [-0.25, -0.2) is 0 Å². The van der Waals surface area contributed by atoms with E-state index in [0.29, 0.717) is 10.9 Å². The number of rotatable bonds is 1. The lowest BCUT2D eigenvalue weighted by Gasteiger charge is -2.18. The van der Waals surface area contributed by atoms with Gasteiger partial charge in [-0.15, -0.1) is 0 Å². The van der Waals surface area contributed by atoms with Gasteiger partial charge in [-0.3, -0.25) is 4.79 Å². The fraction of sp³-hybridized carbons (Fsp3) is 0.364. The summed E-state index contributed by atoms with van der Waals surface area (Å²) in [6.45, 7) is 0. The molecule has 3 rings (SSSR count). The van der Waals surface area contributed by atoms with Crippen molar-refractivity contribution in [2.45, 2.75) is 12.3 Å². The van der Waals surface area contributed by atoms with Crippen LogP contribution in [0.25, 0.3) is 0 Å². The Bertz CT molecular complexity index is 458. The second-order valence-corrected chi connectivity index (χ2v) is 4.42. The molecule has 1 aromatic rings. The summed E-state index contributed by atoms with van der Waals surface area (Å²) in [5, 5.41) is 3.40. The molecule has 15 heavy (non-hydrogen) atoms. The molecule has 1 heterocycles. The molecule has 3 nitrogen and oxygen atoms in total. The standard InChI is InChI=1S/C11H10ClNO2/c1-15-5-2-7-6-4-8(6)11(14)13-10(7)9(12)3-5/h2-3,6,8H,4H2,1H3,(H,13,14). The predicted octanol–water partition coefficient (Wildman–Crippen LogP) is 2.40. The number of carbonyl (C=O) groups is 1. The van der Waals surface area contributed by atoms with Crippen LogP contribution in [-0.4, -0.2) is 13.0 Å². The minimum atomic E-state index is 0.0968. The van der Waals surface area contributed by atoms with Crippen molar-refractivity contribution in [3.63, 3.8) is 0 Å². The average molecular weight is 224 g/mol. The van der Waals surface area contributed by atoms with Crippen molar-refractivity contribution in [2.24, 2.45) is 5.92 Å². The zero-order valence-corrected chi connectivity index (χ0v) is 8.97. The zero-order valence-electron chi connectivity index (χ0n) is 8.21. The number of anilines is 1. The highest BCUT2D eigenvalue weighted by Gasteiger charge is 2.49. The van der Waals surface area contributed by atoms with E-state index in [0.717, 1.165) is 23.4 Å². The number of hydrogen-bond acceptors (Lipinski definition) is 2. The summed E-state index contributed by atoms with van der Waals surface area (Å²) in [5.41, 5.74) is 1.88. The van der Waals surface area contributed by atoms with Gasteiger partial charge < -0.3 is 10.1 Å². The Hall–Kier alpha value is -1.22. The molecule has 2 atom stereocenters. The van der Waals surface area contributed by atoms with Crippen molar-refractivity contribution >= 4 is 23.2 Å². The van der Waals surface area contributed by atoms with Crippen LogP contribution in [0.15, 0.2) is 12.1 Å². The molecule has 0 saturated heterocycles. The molecule has 1 amide bonds. The first-order valence-corrected chi connectivity index (χ1v) is 5.27. The Morgan fingerprint density at radius 3 is 3.00 bits per heavy atom. The van der Waals surface area contributed by atoms with Crippen LogP contribution in [-0.2, 0) is 4.79 Å². The quantitative estimate of drug-likeness (QED) is 0.794. The van der Waals surface area contributed by atoms with E-state index in [1.807, 2.05) is 6.07 Å². The molecule has 1 saturated carbocycles. The maximum Gasteiger partial charge on any atom is 0.228 e. The number of halogens is 1. The van der Waals surface area contributed by atoms with Crippen molar-refractivity contribution in [3.8, 4) is 5.75 Å². The lowest BCUT2D eigenvalue weighted by molar-refractivity contribution is -0.117. The smallest absolute Gasteiger partial charge is 0.228 e. The summed E-state index contributed by atoms with van der Waals surface area (Å²) in [6, 6.07) is 3.69. The minimum Gasteiger partial charge on any atom is -0.497 e. The average Bonchev–Trinajstić information content (AvgIpc) is 3.00. The van der Waals surface area contributed by atoms with Crippen molar-refractivity contribution in [3.05, 3.63) is 22.7 Å². The van der Waals surface area contributed by atoms with Crippen LogP contribution in [0.4, 0.5) is 5.69 Å². The summed E-state index contributed by atoms with van der Waals surface area (Å²) in [5.74, 6) is 1.35. The van der Waals surface area contributed by atoms with E-state index in [2.05, 4.69) is 5.32 Å². The lowest BCUT2D eigenvalue weighted by atomic mass is 10.0. The van der Waals surface area contributed by atoms with Crippen LogP contribution in [0.5, 0.6) is 5.75 Å². The van der Waals surface area contributed by atoms with Gasteiger partial charge in [0.15, 0.2) is 0 Å². The molecule has 2 unspecified atom stereocenters. The Morgan fingerprint density at radius 1 is 1.47 bits per heavy atom. The maximum atomic E-state index is 11.5. The number of carbonyl (C=O) groups excluding carboxylic acids is 1. The van der Waals surface area contributed by atoms with Gasteiger partial charge in [0.25, 0.3) is 0 Å². The largest absolute Gasteiger partial charge is 0.497 e. The van der Waals surface area contributed by atoms with Crippen LogP contribution < -0.4 is 10.1 Å². The highest BCUT2D eigenvalue weighted by molar-refractivity contribution is 6.34. The van der Waals surface area contributed by atoms with Gasteiger partial charge in [-0.2, -0.15) is 0 Å². The third kappa shape index (κ3) is 1.23. The van der Waals surface area contributed by atoms with Crippen LogP contribution in [0.1, 0.15) is 17.9 Å². The fourth-order valence-corrected chi connectivity index (χ4v) is 2.45. The first-order chi connectivity index (χ1) is 7.20. The molecular formula is C11H10ClNO2. The molecule has 1 aromatic carbocycles. The molecule has 78 valence electrons. The summed E-state index contributed by atoms with van der Waals surface area (Å²) in [6.07, 6.45) is 0.933. The normalized spacial score (nSPS) is 26.4. The number of nitrogens with one attached hydrogen (secondary N) is 1. The highest BCUT2D eigenvalue weighted by Crippen LogP contribution is 2.55.